The van der Waals surface area contributed by atoms with E-state index < -0.39 is 0 Å². The predicted molar refractivity (Wildman–Crippen MR) is 85.3 cm³/mol. The van der Waals surface area contributed by atoms with Crippen LogP contribution in [-0.4, -0.2) is 22.6 Å². The van der Waals surface area contributed by atoms with Gasteiger partial charge in [0.05, 0.1) is 0 Å². The van der Waals surface area contributed by atoms with Crippen LogP contribution in [0, 0.1) is 19.8 Å². The first-order valence-electron chi connectivity index (χ1n) is 7.99. The van der Waals surface area contributed by atoms with Crippen molar-refractivity contribution in [1.29, 1.82) is 0 Å². The topological polar surface area (TPSA) is 49.8 Å². The van der Waals surface area contributed by atoms with Gasteiger partial charge in [-0.1, -0.05) is 26.7 Å². The summed E-state index contributed by atoms with van der Waals surface area (Å²) in [5.41, 5.74) is 1.14. The van der Waals surface area contributed by atoms with Crippen LogP contribution >= 0.6 is 0 Å². The summed E-state index contributed by atoms with van der Waals surface area (Å²) in [6, 6.07) is 0.537. The molecule has 0 aromatic carbocycles. The Kier molecular flexibility index (Phi) is 5.21. The van der Waals surface area contributed by atoms with Crippen molar-refractivity contribution in [2.24, 2.45) is 5.92 Å². The van der Waals surface area contributed by atoms with E-state index in [1.807, 2.05) is 6.92 Å². The summed E-state index contributed by atoms with van der Waals surface area (Å²) in [7, 11) is 0. The minimum absolute atomic E-state index is 0.537. The number of aryl methyl sites for hydroxylation is 1. The first kappa shape index (κ1) is 15.1. The molecule has 1 aromatic rings. The zero-order valence-electron chi connectivity index (χ0n) is 13.3. The molecule has 1 saturated carbocycles. The van der Waals surface area contributed by atoms with E-state index in [-0.39, 0.29) is 0 Å². The van der Waals surface area contributed by atoms with Crippen molar-refractivity contribution >= 4 is 11.6 Å². The molecule has 0 spiro atoms. The van der Waals surface area contributed by atoms with Crippen molar-refractivity contribution in [3.05, 3.63) is 11.4 Å². The summed E-state index contributed by atoms with van der Waals surface area (Å²) in [4.78, 5) is 9.11. The SMILES string of the molecule is CCCNc1nc(C)nc(NC(CC)CC2CC2)c1C. The molecule has 4 heteroatoms. The molecule has 1 aromatic heterocycles. The Bertz CT molecular complexity index is 440. The number of aromatic nitrogens is 2. The fourth-order valence-electron chi connectivity index (χ4n) is 2.46. The van der Waals surface area contributed by atoms with Crippen LogP contribution in [0.4, 0.5) is 11.6 Å². The lowest BCUT2D eigenvalue weighted by atomic mass is 10.1. The van der Waals surface area contributed by atoms with Crippen LogP contribution in [-0.2, 0) is 0 Å². The maximum atomic E-state index is 4.59. The lowest BCUT2D eigenvalue weighted by molar-refractivity contribution is 0.584. The van der Waals surface area contributed by atoms with E-state index >= 15 is 0 Å². The van der Waals surface area contributed by atoms with Crippen LogP contribution in [0.2, 0.25) is 0 Å². The van der Waals surface area contributed by atoms with Gasteiger partial charge in [0.15, 0.2) is 0 Å². The van der Waals surface area contributed by atoms with Crippen LogP contribution in [0.25, 0.3) is 0 Å². The van der Waals surface area contributed by atoms with Crippen LogP contribution in [0.3, 0.4) is 0 Å². The largest absolute Gasteiger partial charge is 0.370 e. The van der Waals surface area contributed by atoms with Crippen molar-refractivity contribution in [2.75, 3.05) is 17.2 Å². The average Bonchev–Trinajstić information content (AvgIpc) is 3.23. The maximum Gasteiger partial charge on any atom is 0.134 e. The molecule has 20 heavy (non-hydrogen) atoms. The van der Waals surface area contributed by atoms with Gasteiger partial charge in [-0.25, -0.2) is 9.97 Å². The summed E-state index contributed by atoms with van der Waals surface area (Å²) in [6.45, 7) is 9.43. The predicted octanol–water partition coefficient (Wildman–Crippen LogP) is 3.91. The number of rotatable bonds is 8. The smallest absolute Gasteiger partial charge is 0.134 e. The van der Waals surface area contributed by atoms with Gasteiger partial charge in [-0.2, -0.15) is 0 Å². The molecular formula is C16H28N4. The third-order valence-corrected chi connectivity index (χ3v) is 3.95. The normalized spacial score (nSPS) is 16.0. The van der Waals surface area contributed by atoms with E-state index in [1.54, 1.807) is 0 Å². The lowest BCUT2D eigenvalue weighted by Gasteiger charge is -2.20. The van der Waals surface area contributed by atoms with Gasteiger partial charge in [-0.3, -0.25) is 0 Å². The molecule has 0 amide bonds. The molecule has 0 saturated heterocycles. The van der Waals surface area contributed by atoms with Crippen LogP contribution in [0.5, 0.6) is 0 Å². The van der Waals surface area contributed by atoms with Gasteiger partial charge < -0.3 is 10.6 Å². The van der Waals surface area contributed by atoms with Crippen molar-refractivity contribution in [3.8, 4) is 0 Å². The molecule has 1 aliphatic carbocycles. The third kappa shape index (κ3) is 4.09. The van der Waals surface area contributed by atoms with Crippen molar-refractivity contribution in [2.45, 2.75) is 65.8 Å². The van der Waals surface area contributed by atoms with E-state index in [4.69, 9.17) is 0 Å². The minimum Gasteiger partial charge on any atom is -0.370 e. The molecule has 4 nitrogen and oxygen atoms in total. The molecule has 0 bridgehead atoms. The quantitative estimate of drug-likeness (QED) is 0.756. The standard InChI is InChI=1S/C16H28N4/c1-5-9-17-15-11(3)16(19-12(4)18-15)20-14(6-2)10-13-7-8-13/h13-14H,5-10H2,1-4H3,(H2,17,18,19,20). The van der Waals surface area contributed by atoms with E-state index in [9.17, 15) is 0 Å². The fraction of sp³-hybridized carbons (Fsp3) is 0.750. The Morgan fingerprint density at radius 1 is 1.15 bits per heavy atom. The van der Waals surface area contributed by atoms with Crippen LogP contribution in [0.1, 0.15) is 57.3 Å². The maximum absolute atomic E-state index is 4.59. The fourth-order valence-corrected chi connectivity index (χ4v) is 2.46. The Balaban J connectivity index is 2.10. The first-order valence-corrected chi connectivity index (χ1v) is 7.99. The monoisotopic (exact) mass is 276 g/mol. The molecular weight excluding hydrogens is 248 g/mol. The zero-order valence-corrected chi connectivity index (χ0v) is 13.3. The Hall–Kier alpha value is -1.32. The molecule has 1 unspecified atom stereocenters. The summed E-state index contributed by atoms with van der Waals surface area (Å²) < 4.78 is 0. The average molecular weight is 276 g/mol. The molecule has 0 radical (unpaired) electrons. The molecule has 1 aliphatic rings. The van der Waals surface area contributed by atoms with Crippen LogP contribution in [0.15, 0.2) is 0 Å². The highest BCUT2D eigenvalue weighted by Gasteiger charge is 2.25. The van der Waals surface area contributed by atoms with Gasteiger partial charge in [0, 0.05) is 18.2 Å². The second-order valence-corrected chi connectivity index (χ2v) is 5.95. The highest BCUT2D eigenvalue weighted by molar-refractivity contribution is 5.57. The van der Waals surface area contributed by atoms with Crippen molar-refractivity contribution in [3.63, 3.8) is 0 Å². The molecule has 2 N–H and O–H groups in total. The van der Waals surface area contributed by atoms with E-state index in [1.165, 1.54) is 19.3 Å². The second kappa shape index (κ2) is 6.91. The van der Waals surface area contributed by atoms with Gasteiger partial charge in [0.1, 0.15) is 17.5 Å². The molecule has 0 aliphatic heterocycles. The van der Waals surface area contributed by atoms with E-state index in [0.29, 0.717) is 6.04 Å². The van der Waals surface area contributed by atoms with E-state index in [2.05, 4.69) is 41.4 Å². The van der Waals surface area contributed by atoms with Gasteiger partial charge >= 0.3 is 0 Å². The van der Waals surface area contributed by atoms with Gasteiger partial charge in [0.25, 0.3) is 0 Å². The number of anilines is 2. The number of nitrogens with zero attached hydrogens (tertiary/aromatic N) is 2. The summed E-state index contributed by atoms with van der Waals surface area (Å²) >= 11 is 0. The molecule has 1 fully saturated rings. The van der Waals surface area contributed by atoms with Gasteiger partial charge in [-0.05, 0) is 39.0 Å². The van der Waals surface area contributed by atoms with Crippen molar-refractivity contribution in [1.82, 2.24) is 9.97 Å². The summed E-state index contributed by atoms with van der Waals surface area (Å²) in [6.07, 6.45) is 6.34. The van der Waals surface area contributed by atoms with E-state index in [0.717, 1.165) is 48.3 Å². The highest BCUT2D eigenvalue weighted by atomic mass is 15.1. The number of nitrogens with one attached hydrogen (secondary N) is 2. The first-order chi connectivity index (χ1) is 9.63. The Labute approximate surface area is 122 Å². The number of hydrogen-bond acceptors (Lipinski definition) is 4. The molecule has 112 valence electrons. The third-order valence-electron chi connectivity index (χ3n) is 3.95. The minimum atomic E-state index is 0.537. The Morgan fingerprint density at radius 3 is 2.45 bits per heavy atom. The van der Waals surface area contributed by atoms with Gasteiger partial charge in [-0.15, -0.1) is 0 Å². The number of hydrogen-bond donors (Lipinski definition) is 2. The van der Waals surface area contributed by atoms with Crippen molar-refractivity contribution < 1.29 is 0 Å². The summed E-state index contributed by atoms with van der Waals surface area (Å²) in [5, 5.41) is 7.03. The summed E-state index contributed by atoms with van der Waals surface area (Å²) in [5.74, 6) is 3.75. The molecule has 1 atom stereocenters. The second-order valence-electron chi connectivity index (χ2n) is 5.95. The lowest BCUT2D eigenvalue weighted by Crippen LogP contribution is -2.21. The molecule has 2 rings (SSSR count). The van der Waals surface area contributed by atoms with Gasteiger partial charge in [0.2, 0.25) is 0 Å². The highest BCUT2D eigenvalue weighted by Crippen LogP contribution is 2.35. The molecule has 1 heterocycles. The van der Waals surface area contributed by atoms with Crippen LogP contribution < -0.4 is 10.6 Å². The Morgan fingerprint density at radius 2 is 1.85 bits per heavy atom. The zero-order chi connectivity index (χ0) is 14.5.